The first-order chi connectivity index (χ1) is 12.8. The highest BCUT2D eigenvalue weighted by Crippen LogP contribution is 2.34. The molecule has 0 aliphatic heterocycles. The maximum atomic E-state index is 5.58. The average molecular weight is 344 g/mol. The molecule has 4 aromatic rings. The predicted molar refractivity (Wildman–Crippen MR) is 103 cm³/mol. The van der Waals surface area contributed by atoms with Crippen molar-refractivity contribution in [3.8, 4) is 11.3 Å². The first-order valence-electron chi connectivity index (χ1n) is 9.04. The number of oxazole rings is 1. The second-order valence-corrected chi connectivity index (χ2v) is 6.88. The molecule has 5 rings (SSSR count). The fraction of sp³-hybridized carbons (Fsp3) is 0.238. The van der Waals surface area contributed by atoms with Crippen molar-refractivity contribution in [2.24, 2.45) is 0 Å². The number of hydrogen-bond donors (Lipinski definition) is 1. The van der Waals surface area contributed by atoms with Gasteiger partial charge in [0.2, 0.25) is 0 Å². The van der Waals surface area contributed by atoms with Gasteiger partial charge in [-0.05, 0) is 49.6 Å². The van der Waals surface area contributed by atoms with Gasteiger partial charge in [-0.1, -0.05) is 12.1 Å². The number of aromatic nitrogens is 3. The highest BCUT2D eigenvalue weighted by Gasteiger charge is 2.21. The third-order valence-corrected chi connectivity index (χ3v) is 5.07. The molecular weight excluding hydrogens is 324 g/mol. The quantitative estimate of drug-likeness (QED) is 0.533. The van der Waals surface area contributed by atoms with Crippen LogP contribution in [-0.2, 0) is 0 Å². The molecule has 2 aromatic carbocycles. The molecule has 1 fully saturated rings. The van der Waals surface area contributed by atoms with Crippen LogP contribution in [0.15, 0.2) is 59.3 Å². The second kappa shape index (κ2) is 6.02. The molecule has 2 aromatic heterocycles. The molecule has 1 aliphatic carbocycles. The van der Waals surface area contributed by atoms with Crippen molar-refractivity contribution >= 4 is 22.3 Å². The topological polar surface area (TPSA) is 55.9 Å². The minimum absolute atomic E-state index is 0.569. The minimum Gasteiger partial charge on any atom is -0.441 e. The number of hydrogen-bond acceptors (Lipinski definition) is 4. The van der Waals surface area contributed by atoms with Gasteiger partial charge in [-0.25, -0.2) is 4.98 Å². The number of rotatable bonds is 4. The van der Waals surface area contributed by atoms with Gasteiger partial charge in [-0.3, -0.25) is 4.68 Å². The Morgan fingerprint density at radius 1 is 1.12 bits per heavy atom. The van der Waals surface area contributed by atoms with E-state index < -0.39 is 0 Å². The van der Waals surface area contributed by atoms with Gasteiger partial charge < -0.3 is 9.73 Å². The van der Waals surface area contributed by atoms with Crippen molar-refractivity contribution in [3.05, 3.63) is 60.7 Å². The Morgan fingerprint density at radius 3 is 2.65 bits per heavy atom. The molecule has 0 spiro atoms. The fourth-order valence-corrected chi connectivity index (χ4v) is 3.37. The fourth-order valence-electron chi connectivity index (χ4n) is 3.37. The van der Waals surface area contributed by atoms with Gasteiger partial charge >= 0.3 is 0 Å². The Balaban J connectivity index is 1.42. The normalized spacial score (nSPS) is 14.5. The molecule has 130 valence electrons. The maximum Gasteiger partial charge on any atom is 0.191 e. The number of nitrogens with one attached hydrogen (secondary N) is 1. The summed E-state index contributed by atoms with van der Waals surface area (Å²) in [5.41, 5.74) is 4.09. The van der Waals surface area contributed by atoms with Gasteiger partial charge in [0, 0.05) is 29.8 Å². The molecule has 0 radical (unpaired) electrons. The van der Waals surface area contributed by atoms with Crippen molar-refractivity contribution < 1.29 is 4.42 Å². The molecule has 0 saturated heterocycles. The highest BCUT2D eigenvalue weighted by molar-refractivity contribution is 5.92. The molecule has 0 bridgehead atoms. The van der Waals surface area contributed by atoms with Crippen molar-refractivity contribution in [2.75, 3.05) is 5.32 Å². The molecule has 0 amide bonds. The summed E-state index contributed by atoms with van der Waals surface area (Å²) in [6.45, 7) is 1.85. The smallest absolute Gasteiger partial charge is 0.191 e. The van der Waals surface area contributed by atoms with Crippen LogP contribution >= 0.6 is 0 Å². The molecule has 26 heavy (non-hydrogen) atoms. The number of aryl methyl sites for hydroxylation is 1. The van der Waals surface area contributed by atoms with Gasteiger partial charge in [-0.15, -0.1) is 0 Å². The van der Waals surface area contributed by atoms with E-state index in [9.17, 15) is 0 Å². The Kier molecular flexibility index (Phi) is 3.52. The number of anilines is 2. The van der Waals surface area contributed by atoms with E-state index in [4.69, 9.17) is 9.52 Å². The third kappa shape index (κ3) is 2.65. The average Bonchev–Trinajstić information content (AvgIpc) is 3.21. The molecule has 1 saturated carbocycles. The van der Waals surface area contributed by atoms with E-state index in [1.807, 2.05) is 19.1 Å². The second-order valence-electron chi connectivity index (χ2n) is 6.88. The van der Waals surface area contributed by atoms with Gasteiger partial charge in [0.25, 0.3) is 0 Å². The number of benzene rings is 2. The number of fused-ring (bicyclic) bond motifs is 1. The lowest BCUT2D eigenvalue weighted by molar-refractivity contribution is 0.291. The Morgan fingerprint density at radius 2 is 1.96 bits per heavy atom. The summed E-state index contributed by atoms with van der Waals surface area (Å²) in [7, 11) is 0. The third-order valence-electron chi connectivity index (χ3n) is 5.07. The van der Waals surface area contributed by atoms with E-state index in [0.29, 0.717) is 11.9 Å². The monoisotopic (exact) mass is 344 g/mol. The summed E-state index contributed by atoms with van der Waals surface area (Å²) in [6, 6.07) is 15.0. The van der Waals surface area contributed by atoms with Crippen molar-refractivity contribution in [1.29, 1.82) is 0 Å². The van der Waals surface area contributed by atoms with E-state index in [-0.39, 0.29) is 0 Å². The maximum absolute atomic E-state index is 5.58. The van der Waals surface area contributed by atoms with Gasteiger partial charge in [0.05, 0.1) is 17.9 Å². The summed E-state index contributed by atoms with van der Waals surface area (Å²) in [5, 5.41) is 9.50. The molecule has 0 atom stereocenters. The minimum atomic E-state index is 0.569. The first-order valence-corrected chi connectivity index (χ1v) is 9.04. The summed E-state index contributed by atoms with van der Waals surface area (Å²) >= 11 is 0. The molecule has 2 heterocycles. The first kappa shape index (κ1) is 15.2. The van der Waals surface area contributed by atoms with Crippen LogP contribution in [0.4, 0.5) is 11.4 Å². The molecular formula is C21H20N4O. The zero-order valence-corrected chi connectivity index (χ0v) is 14.6. The van der Waals surface area contributed by atoms with Crippen LogP contribution in [-0.4, -0.2) is 14.8 Å². The highest BCUT2D eigenvalue weighted by atomic mass is 16.4. The van der Waals surface area contributed by atoms with E-state index in [1.54, 1.807) is 6.20 Å². The molecule has 5 nitrogen and oxygen atoms in total. The van der Waals surface area contributed by atoms with Gasteiger partial charge in [-0.2, -0.15) is 5.10 Å². The zero-order chi connectivity index (χ0) is 17.5. The molecule has 5 heteroatoms. The zero-order valence-electron chi connectivity index (χ0n) is 14.6. The molecule has 1 N–H and O–H groups in total. The molecule has 0 unspecified atom stereocenters. The van der Waals surface area contributed by atoms with Crippen LogP contribution in [0.1, 0.15) is 31.2 Å². The van der Waals surface area contributed by atoms with Gasteiger partial charge in [0.15, 0.2) is 11.7 Å². The lowest BCUT2D eigenvalue weighted by atomic mass is 9.93. The van der Waals surface area contributed by atoms with Gasteiger partial charge in [0.1, 0.15) is 5.52 Å². The van der Waals surface area contributed by atoms with Crippen LogP contribution in [0, 0.1) is 6.92 Å². The Hall–Kier alpha value is -3.08. The summed E-state index contributed by atoms with van der Waals surface area (Å²) < 4.78 is 7.72. The predicted octanol–water partition coefficient (Wildman–Crippen LogP) is 5.47. The standard InChI is InChI=1S/C21H20N4O/c1-14-22-12-20(26-14)15-8-10-17(11-9-15)23-19-7-2-4-16-13-25(24-21(16)19)18-5-3-6-18/h2,4,7-13,18,23H,3,5-6H2,1H3. The summed E-state index contributed by atoms with van der Waals surface area (Å²) in [4.78, 5) is 4.15. The van der Waals surface area contributed by atoms with E-state index in [0.717, 1.165) is 28.2 Å². The largest absolute Gasteiger partial charge is 0.441 e. The lowest BCUT2D eigenvalue weighted by Gasteiger charge is -2.25. The Bertz CT molecular complexity index is 1060. The van der Waals surface area contributed by atoms with Crippen LogP contribution in [0.2, 0.25) is 0 Å². The van der Waals surface area contributed by atoms with Crippen LogP contribution in [0.5, 0.6) is 0 Å². The summed E-state index contributed by atoms with van der Waals surface area (Å²) in [6.07, 6.45) is 7.70. The van der Waals surface area contributed by atoms with E-state index >= 15 is 0 Å². The van der Waals surface area contributed by atoms with Crippen molar-refractivity contribution in [2.45, 2.75) is 32.2 Å². The van der Waals surface area contributed by atoms with E-state index in [2.05, 4.69) is 51.5 Å². The van der Waals surface area contributed by atoms with E-state index in [1.165, 1.54) is 24.6 Å². The lowest BCUT2D eigenvalue weighted by Crippen LogP contribution is -2.17. The van der Waals surface area contributed by atoms with Crippen LogP contribution < -0.4 is 5.32 Å². The van der Waals surface area contributed by atoms with Crippen molar-refractivity contribution in [1.82, 2.24) is 14.8 Å². The SMILES string of the molecule is Cc1ncc(-c2ccc(Nc3cccc4cn(C5CCC5)nc34)cc2)o1. The molecule has 1 aliphatic rings. The van der Waals surface area contributed by atoms with Crippen LogP contribution in [0.25, 0.3) is 22.2 Å². The van der Waals surface area contributed by atoms with Crippen molar-refractivity contribution in [3.63, 3.8) is 0 Å². The Labute approximate surface area is 151 Å². The number of nitrogens with zero attached hydrogens (tertiary/aromatic N) is 3. The van der Waals surface area contributed by atoms with Crippen LogP contribution in [0.3, 0.4) is 0 Å². The summed E-state index contributed by atoms with van der Waals surface area (Å²) in [5.74, 6) is 1.46.